The van der Waals surface area contributed by atoms with E-state index in [0.717, 1.165) is 10.6 Å². The number of nitrogens with one attached hydrogen (secondary N) is 2. The van der Waals surface area contributed by atoms with Crippen LogP contribution in [-0.4, -0.2) is 24.6 Å². The molecule has 116 valence electrons. The van der Waals surface area contributed by atoms with Crippen molar-refractivity contribution in [3.8, 4) is 0 Å². The van der Waals surface area contributed by atoms with Crippen molar-refractivity contribution >= 4 is 29.3 Å². The first-order chi connectivity index (χ1) is 9.82. The van der Waals surface area contributed by atoms with Crippen LogP contribution in [0.2, 0.25) is 0 Å². The Morgan fingerprint density at radius 1 is 1.14 bits per heavy atom. The molecule has 1 aromatic rings. The highest BCUT2D eigenvalue weighted by molar-refractivity contribution is 7.98. The lowest BCUT2D eigenvalue weighted by atomic mass is 9.96. The average molecular weight is 308 g/mol. The summed E-state index contributed by atoms with van der Waals surface area (Å²) in [6.45, 7) is 6.13. The topological polar surface area (TPSA) is 58.2 Å². The second-order valence-electron chi connectivity index (χ2n) is 5.89. The molecule has 0 unspecified atom stereocenters. The van der Waals surface area contributed by atoms with Crippen molar-refractivity contribution in [3.63, 3.8) is 0 Å². The standard InChI is InChI=1S/C16H24N2O2S/c1-16(2,3)15(20)17-11-5-6-14(19)18-12-7-9-13(21-4)10-8-12/h7-10H,5-6,11H2,1-4H3,(H,17,20)(H,18,19). The molecule has 0 saturated heterocycles. The monoisotopic (exact) mass is 308 g/mol. The molecule has 0 atom stereocenters. The van der Waals surface area contributed by atoms with E-state index >= 15 is 0 Å². The summed E-state index contributed by atoms with van der Waals surface area (Å²) in [5.74, 6) is -0.0209. The third kappa shape index (κ3) is 6.67. The highest BCUT2D eigenvalue weighted by Crippen LogP contribution is 2.17. The van der Waals surface area contributed by atoms with E-state index in [4.69, 9.17) is 0 Å². The van der Waals surface area contributed by atoms with E-state index in [9.17, 15) is 9.59 Å². The van der Waals surface area contributed by atoms with E-state index < -0.39 is 0 Å². The quantitative estimate of drug-likeness (QED) is 0.626. The predicted octanol–water partition coefficient (Wildman–Crippen LogP) is 3.29. The van der Waals surface area contributed by atoms with Crippen LogP contribution >= 0.6 is 11.8 Å². The zero-order valence-electron chi connectivity index (χ0n) is 13.2. The summed E-state index contributed by atoms with van der Waals surface area (Å²) < 4.78 is 0. The molecule has 0 spiro atoms. The first-order valence-corrected chi connectivity index (χ1v) is 8.27. The molecule has 0 saturated carbocycles. The number of hydrogen-bond donors (Lipinski definition) is 2. The molecule has 0 radical (unpaired) electrons. The number of carbonyl (C=O) groups is 2. The van der Waals surface area contributed by atoms with Gasteiger partial charge in [0.15, 0.2) is 0 Å². The van der Waals surface area contributed by atoms with E-state index in [1.807, 2.05) is 51.3 Å². The van der Waals surface area contributed by atoms with Gasteiger partial charge in [-0.05, 0) is 36.9 Å². The van der Waals surface area contributed by atoms with E-state index in [1.165, 1.54) is 0 Å². The average Bonchev–Trinajstić information content (AvgIpc) is 2.43. The minimum atomic E-state index is -0.388. The van der Waals surface area contributed by atoms with Gasteiger partial charge < -0.3 is 10.6 Å². The van der Waals surface area contributed by atoms with Gasteiger partial charge in [0, 0.05) is 29.0 Å². The summed E-state index contributed by atoms with van der Waals surface area (Å²) in [4.78, 5) is 24.6. The summed E-state index contributed by atoms with van der Waals surface area (Å²) in [5.41, 5.74) is 0.415. The number of carbonyl (C=O) groups excluding carboxylic acids is 2. The van der Waals surface area contributed by atoms with Gasteiger partial charge in [-0.25, -0.2) is 0 Å². The van der Waals surface area contributed by atoms with Crippen molar-refractivity contribution in [2.45, 2.75) is 38.5 Å². The molecule has 0 fully saturated rings. The van der Waals surface area contributed by atoms with Gasteiger partial charge in [0.1, 0.15) is 0 Å². The molecule has 0 aromatic heterocycles. The van der Waals surface area contributed by atoms with E-state index in [2.05, 4.69) is 10.6 Å². The van der Waals surface area contributed by atoms with Gasteiger partial charge in [-0.1, -0.05) is 20.8 Å². The van der Waals surface area contributed by atoms with Crippen LogP contribution in [0.5, 0.6) is 0 Å². The van der Waals surface area contributed by atoms with Gasteiger partial charge in [-0.15, -0.1) is 11.8 Å². The Morgan fingerprint density at radius 3 is 2.29 bits per heavy atom. The number of rotatable bonds is 6. The Bertz CT molecular complexity index is 478. The van der Waals surface area contributed by atoms with Gasteiger partial charge in [-0.2, -0.15) is 0 Å². The number of thioether (sulfide) groups is 1. The summed E-state index contributed by atoms with van der Waals surface area (Å²) in [5, 5.41) is 5.69. The van der Waals surface area contributed by atoms with Crippen LogP contribution < -0.4 is 10.6 Å². The molecule has 0 aliphatic carbocycles. The molecule has 5 heteroatoms. The summed E-state index contributed by atoms with van der Waals surface area (Å²) in [6.07, 6.45) is 3.05. The molecule has 21 heavy (non-hydrogen) atoms. The van der Waals surface area contributed by atoms with E-state index in [1.54, 1.807) is 11.8 Å². The second-order valence-corrected chi connectivity index (χ2v) is 6.77. The number of benzene rings is 1. The zero-order chi connectivity index (χ0) is 15.9. The van der Waals surface area contributed by atoms with Crippen LogP contribution in [0.1, 0.15) is 33.6 Å². The van der Waals surface area contributed by atoms with Crippen LogP contribution in [0.25, 0.3) is 0 Å². The number of hydrogen-bond acceptors (Lipinski definition) is 3. The SMILES string of the molecule is CSc1ccc(NC(=O)CCCNC(=O)C(C)(C)C)cc1. The summed E-state index contributed by atoms with van der Waals surface area (Å²) >= 11 is 1.66. The molecule has 0 aliphatic rings. The van der Waals surface area contributed by atoms with Crippen LogP contribution in [0.3, 0.4) is 0 Å². The molecule has 2 amide bonds. The Hall–Kier alpha value is -1.49. The van der Waals surface area contributed by atoms with Gasteiger partial charge in [0.2, 0.25) is 11.8 Å². The van der Waals surface area contributed by atoms with Crippen molar-refractivity contribution in [2.24, 2.45) is 5.41 Å². The largest absolute Gasteiger partial charge is 0.356 e. The Kier molecular flexibility index (Phi) is 6.75. The van der Waals surface area contributed by atoms with Crippen molar-refractivity contribution in [1.29, 1.82) is 0 Å². The third-order valence-electron chi connectivity index (χ3n) is 2.92. The molecule has 0 heterocycles. The van der Waals surface area contributed by atoms with Crippen LogP contribution in [-0.2, 0) is 9.59 Å². The fourth-order valence-corrected chi connectivity index (χ4v) is 2.02. The number of amides is 2. The van der Waals surface area contributed by atoms with Gasteiger partial charge >= 0.3 is 0 Å². The lowest BCUT2D eigenvalue weighted by Gasteiger charge is -2.17. The highest BCUT2D eigenvalue weighted by atomic mass is 32.2. The van der Waals surface area contributed by atoms with E-state index in [0.29, 0.717) is 19.4 Å². The fourth-order valence-electron chi connectivity index (χ4n) is 1.61. The first-order valence-electron chi connectivity index (χ1n) is 7.05. The molecule has 2 N–H and O–H groups in total. The lowest BCUT2D eigenvalue weighted by molar-refractivity contribution is -0.128. The Labute approximate surface area is 131 Å². The maximum Gasteiger partial charge on any atom is 0.225 e. The summed E-state index contributed by atoms with van der Waals surface area (Å²) in [6, 6.07) is 7.74. The normalized spacial score (nSPS) is 11.0. The highest BCUT2D eigenvalue weighted by Gasteiger charge is 2.20. The predicted molar refractivity (Wildman–Crippen MR) is 88.6 cm³/mol. The molecule has 1 aromatic carbocycles. The second kappa shape index (κ2) is 8.08. The van der Waals surface area contributed by atoms with Crippen molar-refractivity contribution in [2.75, 3.05) is 18.1 Å². The molecule has 0 bridgehead atoms. The molecular formula is C16H24N2O2S. The Balaban J connectivity index is 2.26. The number of anilines is 1. The Morgan fingerprint density at radius 2 is 1.76 bits per heavy atom. The minimum absolute atomic E-state index is 0.00978. The molecular weight excluding hydrogens is 284 g/mol. The van der Waals surface area contributed by atoms with Gasteiger partial charge in [0.25, 0.3) is 0 Å². The third-order valence-corrected chi connectivity index (χ3v) is 3.66. The lowest BCUT2D eigenvalue weighted by Crippen LogP contribution is -2.35. The van der Waals surface area contributed by atoms with Crippen molar-refractivity contribution in [1.82, 2.24) is 5.32 Å². The molecule has 0 aliphatic heterocycles. The van der Waals surface area contributed by atoms with E-state index in [-0.39, 0.29) is 17.2 Å². The maximum atomic E-state index is 11.8. The van der Waals surface area contributed by atoms with Crippen LogP contribution in [0.15, 0.2) is 29.2 Å². The van der Waals surface area contributed by atoms with Gasteiger partial charge in [-0.3, -0.25) is 9.59 Å². The van der Waals surface area contributed by atoms with Crippen molar-refractivity contribution in [3.05, 3.63) is 24.3 Å². The summed E-state index contributed by atoms with van der Waals surface area (Å²) in [7, 11) is 0. The smallest absolute Gasteiger partial charge is 0.225 e. The van der Waals surface area contributed by atoms with Crippen LogP contribution in [0.4, 0.5) is 5.69 Å². The minimum Gasteiger partial charge on any atom is -0.356 e. The molecule has 4 nitrogen and oxygen atoms in total. The zero-order valence-corrected chi connectivity index (χ0v) is 14.0. The fraction of sp³-hybridized carbons (Fsp3) is 0.500. The van der Waals surface area contributed by atoms with Gasteiger partial charge in [0.05, 0.1) is 0 Å². The molecule has 1 rings (SSSR count). The maximum absolute atomic E-state index is 11.8. The first kappa shape index (κ1) is 17.6. The van der Waals surface area contributed by atoms with Crippen LogP contribution in [0, 0.1) is 5.41 Å². The van der Waals surface area contributed by atoms with Crippen molar-refractivity contribution < 1.29 is 9.59 Å².